The molecule has 2 fully saturated rings. The van der Waals surface area contributed by atoms with Crippen molar-refractivity contribution in [2.75, 3.05) is 0 Å². The number of rotatable bonds is 0. The molecule has 6 rings (SSSR count). The summed E-state index contributed by atoms with van der Waals surface area (Å²) in [6.07, 6.45) is 12.2. The maximum Gasteiger partial charge on any atom is 0.0194 e. The molecule has 88 valence electrons. The largest absolute Gasteiger partial charge is 0.0695 e. The molecule has 2 saturated carbocycles. The molecule has 6 aliphatic rings. The average Bonchev–Trinajstić information content (AvgIpc) is 2.97. The highest BCUT2D eigenvalue weighted by Crippen LogP contribution is 2.79. The van der Waals surface area contributed by atoms with Crippen LogP contribution in [-0.2, 0) is 0 Å². The van der Waals surface area contributed by atoms with Gasteiger partial charge in [-0.25, -0.2) is 0 Å². The summed E-state index contributed by atoms with van der Waals surface area (Å²) in [5.41, 5.74) is 8.75. The average molecular weight is 224 g/mol. The van der Waals surface area contributed by atoms with Gasteiger partial charge in [0, 0.05) is 5.41 Å². The van der Waals surface area contributed by atoms with Crippen molar-refractivity contribution in [3.05, 3.63) is 22.3 Å². The third-order valence-electron chi connectivity index (χ3n) is 7.47. The van der Waals surface area contributed by atoms with Gasteiger partial charge in [-0.1, -0.05) is 22.3 Å². The number of hydrogen-bond donors (Lipinski definition) is 0. The Hall–Kier alpha value is -0.520. The Kier molecular flexibility index (Phi) is 1.16. The molecular weight excluding hydrogens is 204 g/mol. The topological polar surface area (TPSA) is 0 Å². The summed E-state index contributed by atoms with van der Waals surface area (Å²) in [6, 6.07) is 0. The van der Waals surface area contributed by atoms with Crippen LogP contribution < -0.4 is 0 Å². The Morgan fingerprint density at radius 2 is 1.29 bits per heavy atom. The molecule has 0 N–H and O–H groups in total. The Bertz CT molecular complexity index is 470. The quantitative estimate of drug-likeness (QED) is 0.540. The van der Waals surface area contributed by atoms with E-state index in [0.717, 1.165) is 23.7 Å². The third-order valence-corrected chi connectivity index (χ3v) is 7.47. The Labute approximate surface area is 103 Å². The van der Waals surface area contributed by atoms with Gasteiger partial charge in [-0.05, 0) is 75.0 Å². The molecule has 0 nitrogen and oxygen atoms in total. The normalized spacial score (nSPS) is 56.5. The van der Waals surface area contributed by atoms with Gasteiger partial charge in [0.2, 0.25) is 0 Å². The molecule has 0 aromatic carbocycles. The van der Waals surface area contributed by atoms with E-state index in [4.69, 9.17) is 0 Å². The number of allylic oxidation sites excluding steroid dienone is 4. The minimum absolute atomic E-state index is 0.715. The van der Waals surface area contributed by atoms with E-state index in [1.54, 1.807) is 12.8 Å². The van der Waals surface area contributed by atoms with Crippen LogP contribution in [0, 0.1) is 29.1 Å². The fourth-order valence-electron chi connectivity index (χ4n) is 7.49. The van der Waals surface area contributed by atoms with Gasteiger partial charge < -0.3 is 0 Å². The van der Waals surface area contributed by atoms with Crippen molar-refractivity contribution in [1.29, 1.82) is 0 Å². The van der Waals surface area contributed by atoms with Crippen LogP contribution in [-0.4, -0.2) is 0 Å². The summed E-state index contributed by atoms with van der Waals surface area (Å²) in [5, 5.41) is 0. The molecule has 0 radical (unpaired) electrons. The Morgan fingerprint density at radius 1 is 0.765 bits per heavy atom. The Balaban J connectivity index is 1.71. The highest BCUT2D eigenvalue weighted by molar-refractivity contribution is 5.56. The predicted molar refractivity (Wildman–Crippen MR) is 67.4 cm³/mol. The van der Waals surface area contributed by atoms with E-state index in [0.29, 0.717) is 5.41 Å². The van der Waals surface area contributed by atoms with Gasteiger partial charge in [0.25, 0.3) is 0 Å². The van der Waals surface area contributed by atoms with Crippen LogP contribution in [0.15, 0.2) is 22.3 Å². The fourth-order valence-corrected chi connectivity index (χ4v) is 7.49. The SMILES string of the molecule is C1CC2CC3CC4=C5C(CC4)CC4CC1=C2C534. The molecule has 6 aliphatic carbocycles. The lowest BCUT2D eigenvalue weighted by Gasteiger charge is -2.32. The molecular formula is C17H20. The molecule has 1 spiro atoms. The van der Waals surface area contributed by atoms with Gasteiger partial charge in [-0.15, -0.1) is 0 Å². The summed E-state index contributed by atoms with van der Waals surface area (Å²) in [7, 11) is 0. The van der Waals surface area contributed by atoms with Crippen LogP contribution in [0.5, 0.6) is 0 Å². The van der Waals surface area contributed by atoms with Gasteiger partial charge in [-0.3, -0.25) is 0 Å². The van der Waals surface area contributed by atoms with Crippen molar-refractivity contribution < 1.29 is 0 Å². The molecule has 0 amide bonds. The van der Waals surface area contributed by atoms with Crippen LogP contribution >= 0.6 is 0 Å². The first-order chi connectivity index (χ1) is 8.39. The minimum atomic E-state index is 0.715. The van der Waals surface area contributed by atoms with Crippen LogP contribution in [0.4, 0.5) is 0 Å². The highest BCUT2D eigenvalue weighted by atomic mass is 14.7. The molecule has 4 atom stereocenters. The smallest absolute Gasteiger partial charge is 0.0194 e. The second-order valence-electron chi connectivity index (χ2n) is 7.65. The van der Waals surface area contributed by atoms with Crippen LogP contribution in [0.2, 0.25) is 0 Å². The summed E-state index contributed by atoms with van der Waals surface area (Å²) < 4.78 is 0. The van der Waals surface area contributed by atoms with E-state index >= 15 is 0 Å². The zero-order valence-corrected chi connectivity index (χ0v) is 10.5. The summed E-state index contributed by atoms with van der Waals surface area (Å²) in [4.78, 5) is 0. The fraction of sp³-hybridized carbons (Fsp3) is 0.765. The van der Waals surface area contributed by atoms with Gasteiger partial charge in [-0.2, -0.15) is 0 Å². The lowest BCUT2D eigenvalue weighted by molar-refractivity contribution is 0.253. The first-order valence-electron chi connectivity index (χ1n) is 7.83. The van der Waals surface area contributed by atoms with Crippen molar-refractivity contribution in [3.63, 3.8) is 0 Å². The summed E-state index contributed by atoms with van der Waals surface area (Å²) in [6.45, 7) is 0. The van der Waals surface area contributed by atoms with Gasteiger partial charge in [0.1, 0.15) is 0 Å². The molecule has 0 heteroatoms. The minimum Gasteiger partial charge on any atom is -0.0695 e. The first-order valence-corrected chi connectivity index (χ1v) is 7.83. The van der Waals surface area contributed by atoms with Crippen LogP contribution in [0.3, 0.4) is 0 Å². The highest BCUT2D eigenvalue weighted by Gasteiger charge is 2.69. The van der Waals surface area contributed by atoms with E-state index in [-0.39, 0.29) is 0 Å². The first kappa shape index (κ1) is 8.56. The van der Waals surface area contributed by atoms with Crippen molar-refractivity contribution in [2.24, 2.45) is 29.1 Å². The Morgan fingerprint density at radius 3 is 1.82 bits per heavy atom. The lowest BCUT2D eigenvalue weighted by atomic mass is 9.71. The molecule has 0 aromatic rings. The van der Waals surface area contributed by atoms with E-state index in [1.807, 2.05) is 11.1 Å². The van der Waals surface area contributed by atoms with E-state index < -0.39 is 0 Å². The zero-order chi connectivity index (χ0) is 10.8. The van der Waals surface area contributed by atoms with Gasteiger partial charge in [0.05, 0.1) is 0 Å². The summed E-state index contributed by atoms with van der Waals surface area (Å²) >= 11 is 0. The van der Waals surface area contributed by atoms with Crippen LogP contribution in [0.1, 0.15) is 51.4 Å². The van der Waals surface area contributed by atoms with E-state index in [9.17, 15) is 0 Å². The lowest BCUT2D eigenvalue weighted by Crippen LogP contribution is -2.26. The molecule has 0 heterocycles. The monoisotopic (exact) mass is 224 g/mol. The van der Waals surface area contributed by atoms with Crippen molar-refractivity contribution in [1.82, 2.24) is 0 Å². The van der Waals surface area contributed by atoms with Crippen molar-refractivity contribution in [2.45, 2.75) is 51.4 Å². The van der Waals surface area contributed by atoms with Crippen LogP contribution in [0.25, 0.3) is 0 Å². The second-order valence-corrected chi connectivity index (χ2v) is 7.65. The molecule has 17 heavy (non-hydrogen) atoms. The molecule has 0 aromatic heterocycles. The van der Waals surface area contributed by atoms with Gasteiger partial charge in [0.15, 0.2) is 0 Å². The molecule has 0 bridgehead atoms. The second kappa shape index (κ2) is 2.31. The van der Waals surface area contributed by atoms with E-state index in [2.05, 4.69) is 11.1 Å². The standard InChI is InChI=1S/C17H20/c1-2-10-6-14-8-12-4-3-11-7-13-5-9(1)15(10)17(13,14)16(11)12/h9,12-14H,1-8H2. The maximum atomic E-state index is 2.06. The van der Waals surface area contributed by atoms with Gasteiger partial charge >= 0.3 is 0 Å². The number of hydrogen-bond acceptors (Lipinski definition) is 0. The predicted octanol–water partition coefficient (Wildman–Crippen LogP) is 4.23. The molecule has 0 aliphatic heterocycles. The maximum absolute atomic E-state index is 2.06. The van der Waals surface area contributed by atoms with E-state index in [1.165, 1.54) is 38.5 Å². The third kappa shape index (κ3) is 0.656. The van der Waals surface area contributed by atoms with Crippen molar-refractivity contribution in [3.8, 4) is 0 Å². The summed E-state index contributed by atoms with van der Waals surface area (Å²) in [5.74, 6) is 4.27. The molecule has 4 unspecified atom stereocenters. The molecule has 0 saturated heterocycles. The van der Waals surface area contributed by atoms with Crippen molar-refractivity contribution >= 4 is 0 Å². The zero-order valence-electron chi connectivity index (χ0n) is 10.5.